The van der Waals surface area contributed by atoms with Crippen molar-refractivity contribution in [3.05, 3.63) is 0 Å². The zero-order valence-electron chi connectivity index (χ0n) is 11.7. The summed E-state index contributed by atoms with van der Waals surface area (Å²) in [7, 11) is 0. The van der Waals surface area contributed by atoms with Crippen LogP contribution in [-0.4, -0.2) is 41.6 Å². The molecule has 0 radical (unpaired) electrons. The highest BCUT2D eigenvalue weighted by Gasteiger charge is 2.30. The minimum absolute atomic E-state index is 0.257. The second-order valence-electron chi connectivity index (χ2n) is 5.46. The molecular weight excluding hydrogens is 228 g/mol. The van der Waals surface area contributed by atoms with Crippen molar-refractivity contribution in [2.75, 3.05) is 31.1 Å². The third-order valence-corrected chi connectivity index (χ3v) is 4.98. The smallest absolute Gasteiger partial charge is 0.0304 e. The molecule has 2 N–H and O–H groups in total. The van der Waals surface area contributed by atoms with E-state index in [0.717, 1.165) is 6.54 Å². The Labute approximate surface area is 112 Å². The fourth-order valence-corrected chi connectivity index (χ4v) is 3.50. The lowest BCUT2D eigenvalue weighted by molar-refractivity contribution is 0.111. The zero-order chi connectivity index (χ0) is 12.6. The van der Waals surface area contributed by atoms with Gasteiger partial charge in [-0.3, -0.25) is 4.90 Å². The SMILES string of the molecule is CCCCCCCC(C)(CN)N1CCSCC1. The molecular formula is C14H30N2S. The van der Waals surface area contributed by atoms with E-state index in [0.29, 0.717) is 0 Å². The topological polar surface area (TPSA) is 29.3 Å². The lowest BCUT2D eigenvalue weighted by atomic mass is 9.92. The quantitative estimate of drug-likeness (QED) is 0.678. The van der Waals surface area contributed by atoms with Crippen LogP contribution in [0.4, 0.5) is 0 Å². The van der Waals surface area contributed by atoms with Gasteiger partial charge in [-0.05, 0) is 13.3 Å². The molecule has 102 valence electrons. The normalized spacial score (nSPS) is 21.4. The van der Waals surface area contributed by atoms with Gasteiger partial charge in [0.1, 0.15) is 0 Å². The molecule has 0 bridgehead atoms. The summed E-state index contributed by atoms with van der Waals surface area (Å²) in [5.41, 5.74) is 6.29. The maximum atomic E-state index is 6.03. The lowest BCUT2D eigenvalue weighted by Gasteiger charge is -2.43. The number of thioether (sulfide) groups is 1. The highest BCUT2D eigenvalue weighted by molar-refractivity contribution is 7.99. The molecule has 1 atom stereocenters. The summed E-state index contributed by atoms with van der Waals surface area (Å²) in [6.07, 6.45) is 8.12. The Balaban J connectivity index is 2.28. The first-order valence-corrected chi connectivity index (χ1v) is 8.41. The van der Waals surface area contributed by atoms with Gasteiger partial charge < -0.3 is 5.73 Å². The van der Waals surface area contributed by atoms with Crippen LogP contribution in [0.15, 0.2) is 0 Å². The van der Waals surface area contributed by atoms with Crippen molar-refractivity contribution in [2.24, 2.45) is 5.73 Å². The van der Waals surface area contributed by atoms with Gasteiger partial charge in [0.05, 0.1) is 0 Å². The van der Waals surface area contributed by atoms with Gasteiger partial charge in [0.15, 0.2) is 0 Å². The van der Waals surface area contributed by atoms with Gasteiger partial charge in [-0.15, -0.1) is 0 Å². The van der Waals surface area contributed by atoms with Gasteiger partial charge in [-0.1, -0.05) is 39.0 Å². The average molecular weight is 258 g/mol. The molecule has 1 aliphatic heterocycles. The first-order chi connectivity index (χ1) is 8.23. The van der Waals surface area contributed by atoms with Crippen LogP contribution in [0.5, 0.6) is 0 Å². The van der Waals surface area contributed by atoms with E-state index >= 15 is 0 Å². The number of unbranched alkanes of at least 4 members (excludes halogenated alkanes) is 4. The molecule has 0 aliphatic carbocycles. The number of hydrogen-bond acceptors (Lipinski definition) is 3. The fourth-order valence-electron chi connectivity index (χ4n) is 2.60. The van der Waals surface area contributed by atoms with Crippen molar-refractivity contribution < 1.29 is 0 Å². The van der Waals surface area contributed by atoms with Crippen LogP contribution in [0.1, 0.15) is 52.4 Å². The van der Waals surface area contributed by atoms with Crippen molar-refractivity contribution in [3.63, 3.8) is 0 Å². The Kier molecular flexibility index (Phi) is 7.56. The molecule has 0 aromatic rings. The summed E-state index contributed by atoms with van der Waals surface area (Å²) in [5, 5.41) is 0. The van der Waals surface area contributed by atoms with Crippen LogP contribution in [0.3, 0.4) is 0 Å². The Bertz CT molecular complexity index is 193. The lowest BCUT2D eigenvalue weighted by Crippen LogP contribution is -2.54. The molecule has 0 saturated carbocycles. The molecule has 3 heteroatoms. The molecule has 1 saturated heterocycles. The molecule has 1 fully saturated rings. The number of rotatable bonds is 8. The predicted molar refractivity (Wildman–Crippen MR) is 79.7 cm³/mol. The van der Waals surface area contributed by atoms with Crippen LogP contribution < -0.4 is 5.73 Å². The van der Waals surface area contributed by atoms with Crippen LogP contribution in [0, 0.1) is 0 Å². The highest BCUT2D eigenvalue weighted by atomic mass is 32.2. The highest BCUT2D eigenvalue weighted by Crippen LogP contribution is 2.25. The van der Waals surface area contributed by atoms with E-state index in [1.807, 2.05) is 0 Å². The first-order valence-electron chi connectivity index (χ1n) is 7.26. The van der Waals surface area contributed by atoms with Crippen molar-refractivity contribution in [1.82, 2.24) is 4.90 Å². The maximum Gasteiger partial charge on any atom is 0.0304 e. The standard InChI is InChI=1S/C14H30N2S/c1-3-4-5-6-7-8-14(2,13-15)16-9-11-17-12-10-16/h3-13,15H2,1-2H3. The second-order valence-corrected chi connectivity index (χ2v) is 6.69. The van der Waals surface area contributed by atoms with E-state index in [4.69, 9.17) is 5.73 Å². The van der Waals surface area contributed by atoms with Crippen LogP contribution >= 0.6 is 11.8 Å². The zero-order valence-corrected chi connectivity index (χ0v) is 12.5. The predicted octanol–water partition coefficient (Wildman–Crippen LogP) is 3.11. The van der Waals surface area contributed by atoms with Crippen molar-refractivity contribution in [1.29, 1.82) is 0 Å². The monoisotopic (exact) mass is 258 g/mol. The van der Waals surface area contributed by atoms with E-state index in [2.05, 4.69) is 30.5 Å². The van der Waals surface area contributed by atoms with Gasteiger partial charge in [0.25, 0.3) is 0 Å². The van der Waals surface area contributed by atoms with E-state index in [1.165, 1.54) is 63.1 Å². The van der Waals surface area contributed by atoms with Gasteiger partial charge >= 0.3 is 0 Å². The minimum atomic E-state index is 0.257. The molecule has 0 aromatic heterocycles. The minimum Gasteiger partial charge on any atom is -0.329 e. The maximum absolute atomic E-state index is 6.03. The molecule has 1 heterocycles. The van der Waals surface area contributed by atoms with E-state index < -0.39 is 0 Å². The molecule has 2 nitrogen and oxygen atoms in total. The van der Waals surface area contributed by atoms with Crippen molar-refractivity contribution in [3.8, 4) is 0 Å². The first kappa shape index (κ1) is 15.3. The molecule has 0 aromatic carbocycles. The average Bonchev–Trinajstić information content (AvgIpc) is 2.39. The number of nitrogens with zero attached hydrogens (tertiary/aromatic N) is 1. The summed E-state index contributed by atoms with van der Waals surface area (Å²) in [4.78, 5) is 2.63. The largest absolute Gasteiger partial charge is 0.329 e. The summed E-state index contributed by atoms with van der Waals surface area (Å²) < 4.78 is 0. The Hall–Kier alpha value is 0.270. The molecule has 0 spiro atoms. The molecule has 1 rings (SSSR count). The van der Waals surface area contributed by atoms with E-state index in [-0.39, 0.29) is 5.54 Å². The van der Waals surface area contributed by atoms with Crippen LogP contribution in [-0.2, 0) is 0 Å². The number of hydrogen-bond donors (Lipinski definition) is 1. The van der Waals surface area contributed by atoms with Crippen LogP contribution in [0.25, 0.3) is 0 Å². The fraction of sp³-hybridized carbons (Fsp3) is 1.00. The molecule has 1 aliphatic rings. The summed E-state index contributed by atoms with van der Waals surface area (Å²) in [6.45, 7) is 7.91. The third-order valence-electron chi connectivity index (χ3n) is 4.03. The van der Waals surface area contributed by atoms with E-state index in [1.54, 1.807) is 0 Å². The summed E-state index contributed by atoms with van der Waals surface area (Å²) in [5.74, 6) is 2.57. The molecule has 17 heavy (non-hydrogen) atoms. The Morgan fingerprint density at radius 2 is 1.76 bits per heavy atom. The van der Waals surface area contributed by atoms with Gasteiger partial charge in [-0.2, -0.15) is 11.8 Å². The van der Waals surface area contributed by atoms with Gasteiger partial charge in [0.2, 0.25) is 0 Å². The van der Waals surface area contributed by atoms with Crippen LogP contribution in [0.2, 0.25) is 0 Å². The summed E-state index contributed by atoms with van der Waals surface area (Å²) >= 11 is 2.08. The Morgan fingerprint density at radius 1 is 1.12 bits per heavy atom. The molecule has 0 amide bonds. The summed E-state index contributed by atoms with van der Waals surface area (Å²) in [6, 6.07) is 0. The van der Waals surface area contributed by atoms with Crippen molar-refractivity contribution >= 4 is 11.8 Å². The van der Waals surface area contributed by atoms with Crippen molar-refractivity contribution in [2.45, 2.75) is 57.9 Å². The second kappa shape index (κ2) is 8.39. The number of nitrogens with two attached hydrogens (primary N) is 1. The third kappa shape index (κ3) is 5.19. The van der Waals surface area contributed by atoms with Gasteiger partial charge in [-0.25, -0.2) is 0 Å². The van der Waals surface area contributed by atoms with Gasteiger partial charge in [0, 0.05) is 36.7 Å². The molecule has 1 unspecified atom stereocenters. The Morgan fingerprint density at radius 3 is 2.35 bits per heavy atom. The van der Waals surface area contributed by atoms with E-state index in [9.17, 15) is 0 Å².